The SMILES string of the molecule is C=c1[nH]n(-c2ccc(Cl)cc2)c(=O)/c1=C\c1ccc(-c2cccc(C(=O)O)c2)o1. The number of hydrogen-bond acceptors (Lipinski definition) is 3. The highest BCUT2D eigenvalue weighted by atomic mass is 35.5. The summed E-state index contributed by atoms with van der Waals surface area (Å²) in [5.41, 5.74) is 1.16. The van der Waals surface area contributed by atoms with Crippen LogP contribution in [0.4, 0.5) is 0 Å². The molecule has 0 spiro atoms. The predicted octanol–water partition coefficient (Wildman–Crippen LogP) is 3.02. The fraction of sp³-hybridized carbons (Fsp3) is 0. The van der Waals surface area contributed by atoms with Crippen LogP contribution < -0.4 is 16.1 Å². The Morgan fingerprint density at radius 3 is 2.62 bits per heavy atom. The average Bonchev–Trinajstić information content (AvgIpc) is 3.29. The molecule has 0 aliphatic rings. The molecule has 0 aliphatic carbocycles. The number of benzene rings is 2. The van der Waals surface area contributed by atoms with Crippen molar-refractivity contribution in [2.24, 2.45) is 0 Å². The van der Waals surface area contributed by atoms with Crippen molar-refractivity contribution in [3.63, 3.8) is 0 Å². The van der Waals surface area contributed by atoms with Gasteiger partial charge in [-0.25, -0.2) is 9.48 Å². The molecule has 6 nitrogen and oxygen atoms in total. The molecule has 0 saturated carbocycles. The zero-order valence-corrected chi connectivity index (χ0v) is 15.8. The monoisotopic (exact) mass is 406 g/mol. The molecule has 0 bridgehead atoms. The van der Waals surface area contributed by atoms with Gasteiger partial charge in [-0.15, -0.1) is 0 Å². The lowest BCUT2D eigenvalue weighted by Gasteiger charge is -2.00. The second-order valence-corrected chi connectivity index (χ2v) is 6.79. The summed E-state index contributed by atoms with van der Waals surface area (Å²) in [7, 11) is 0. The summed E-state index contributed by atoms with van der Waals surface area (Å²) in [6, 6.07) is 16.7. The summed E-state index contributed by atoms with van der Waals surface area (Å²) in [6.07, 6.45) is 1.60. The highest BCUT2D eigenvalue weighted by Gasteiger charge is 2.09. The Morgan fingerprint density at radius 1 is 1.14 bits per heavy atom. The molecule has 0 aliphatic heterocycles. The van der Waals surface area contributed by atoms with Crippen LogP contribution in [-0.4, -0.2) is 20.9 Å². The highest BCUT2D eigenvalue weighted by molar-refractivity contribution is 6.30. The second kappa shape index (κ2) is 7.33. The zero-order valence-electron chi connectivity index (χ0n) is 15.1. The lowest BCUT2D eigenvalue weighted by atomic mass is 10.1. The van der Waals surface area contributed by atoms with Crippen molar-refractivity contribution < 1.29 is 14.3 Å². The third-order valence-electron chi connectivity index (χ3n) is 4.40. The minimum absolute atomic E-state index is 0.168. The number of nitrogens with one attached hydrogen (secondary N) is 1. The van der Waals surface area contributed by atoms with Gasteiger partial charge in [0.2, 0.25) is 0 Å². The van der Waals surface area contributed by atoms with Gasteiger partial charge in [-0.3, -0.25) is 9.89 Å². The summed E-state index contributed by atoms with van der Waals surface area (Å²) in [5.74, 6) is -0.0644. The van der Waals surface area contributed by atoms with Crippen LogP contribution in [0.1, 0.15) is 16.1 Å². The Morgan fingerprint density at radius 2 is 1.90 bits per heavy atom. The molecule has 29 heavy (non-hydrogen) atoms. The molecule has 7 heteroatoms. The van der Waals surface area contributed by atoms with E-state index in [0.717, 1.165) is 0 Å². The highest BCUT2D eigenvalue weighted by Crippen LogP contribution is 2.23. The van der Waals surface area contributed by atoms with Crippen molar-refractivity contribution in [2.45, 2.75) is 0 Å². The van der Waals surface area contributed by atoms with Gasteiger partial charge in [0.05, 0.1) is 21.8 Å². The van der Waals surface area contributed by atoms with E-state index in [4.69, 9.17) is 21.1 Å². The summed E-state index contributed by atoms with van der Waals surface area (Å²) < 4.78 is 7.17. The molecule has 2 aromatic carbocycles. The molecule has 2 aromatic heterocycles. The first-order valence-electron chi connectivity index (χ1n) is 8.63. The molecule has 4 rings (SSSR count). The largest absolute Gasteiger partial charge is 0.478 e. The molecule has 0 amide bonds. The molecule has 2 heterocycles. The fourth-order valence-electron chi connectivity index (χ4n) is 2.95. The molecule has 0 radical (unpaired) electrons. The Balaban J connectivity index is 1.74. The molecule has 144 valence electrons. The summed E-state index contributed by atoms with van der Waals surface area (Å²) >= 11 is 5.90. The Bertz CT molecular complexity index is 1380. The molecular formula is C22H15ClN2O4. The Kier molecular flexibility index (Phi) is 4.70. The zero-order chi connectivity index (χ0) is 20.5. The molecular weight excluding hydrogens is 392 g/mol. The van der Waals surface area contributed by atoms with Crippen LogP contribution in [-0.2, 0) is 0 Å². The van der Waals surface area contributed by atoms with Crippen LogP contribution in [0.2, 0.25) is 5.02 Å². The van der Waals surface area contributed by atoms with Crippen molar-refractivity contribution in [1.29, 1.82) is 0 Å². The van der Waals surface area contributed by atoms with Crippen molar-refractivity contribution in [1.82, 2.24) is 9.78 Å². The minimum Gasteiger partial charge on any atom is -0.478 e. The Labute approximate surface area is 169 Å². The third kappa shape index (κ3) is 3.66. The number of carboxylic acids is 1. The fourth-order valence-corrected chi connectivity index (χ4v) is 3.08. The van der Waals surface area contributed by atoms with Crippen LogP contribution >= 0.6 is 11.6 Å². The number of aromatic amines is 1. The van der Waals surface area contributed by atoms with Gasteiger partial charge in [-0.05, 0) is 54.6 Å². The lowest BCUT2D eigenvalue weighted by molar-refractivity contribution is 0.0697. The maximum absolute atomic E-state index is 12.8. The average molecular weight is 407 g/mol. The third-order valence-corrected chi connectivity index (χ3v) is 4.65. The summed E-state index contributed by atoms with van der Waals surface area (Å²) in [5, 5.41) is 13.5. The van der Waals surface area contributed by atoms with Crippen molar-refractivity contribution >= 4 is 30.2 Å². The van der Waals surface area contributed by atoms with E-state index in [9.17, 15) is 9.59 Å². The van der Waals surface area contributed by atoms with Crippen LogP contribution in [0, 0.1) is 0 Å². The number of halogens is 1. The standard InChI is InChI=1S/C22H15ClN2O4/c1-13-19(21(26)25(24-13)17-7-5-16(23)6-8-17)12-18-9-10-20(29-18)14-3-2-4-15(11-14)22(27)28/h2-12,24H,1H2,(H,27,28)/b19-12-. The second-order valence-electron chi connectivity index (χ2n) is 6.35. The first-order valence-corrected chi connectivity index (χ1v) is 9.01. The maximum atomic E-state index is 12.8. The van der Waals surface area contributed by atoms with Gasteiger partial charge in [-0.1, -0.05) is 30.3 Å². The number of rotatable bonds is 4. The minimum atomic E-state index is -1.01. The molecule has 0 fully saturated rings. The van der Waals surface area contributed by atoms with E-state index in [0.29, 0.717) is 38.4 Å². The number of hydrogen-bond donors (Lipinski definition) is 2. The van der Waals surface area contributed by atoms with E-state index in [1.165, 1.54) is 16.8 Å². The van der Waals surface area contributed by atoms with E-state index in [2.05, 4.69) is 11.7 Å². The molecule has 0 unspecified atom stereocenters. The van der Waals surface area contributed by atoms with Gasteiger partial charge in [0.1, 0.15) is 11.5 Å². The number of aromatic carboxylic acids is 1. The number of carboxylic acid groups (broad SMARTS) is 1. The van der Waals surface area contributed by atoms with Crippen LogP contribution in [0.5, 0.6) is 0 Å². The molecule has 0 atom stereocenters. The van der Waals surface area contributed by atoms with Gasteiger partial charge < -0.3 is 9.52 Å². The van der Waals surface area contributed by atoms with Crippen LogP contribution in [0.3, 0.4) is 0 Å². The van der Waals surface area contributed by atoms with Crippen LogP contribution in [0.25, 0.3) is 29.7 Å². The van der Waals surface area contributed by atoms with Crippen molar-refractivity contribution in [2.75, 3.05) is 0 Å². The van der Waals surface area contributed by atoms with E-state index in [1.54, 1.807) is 54.6 Å². The van der Waals surface area contributed by atoms with Gasteiger partial charge in [0, 0.05) is 10.6 Å². The number of aromatic nitrogens is 2. The van der Waals surface area contributed by atoms with Crippen molar-refractivity contribution in [3.05, 3.63) is 97.9 Å². The smallest absolute Gasteiger partial charge is 0.335 e. The molecule has 0 saturated heterocycles. The van der Waals surface area contributed by atoms with E-state index in [1.807, 2.05) is 0 Å². The normalized spacial score (nSPS) is 11.7. The molecule has 4 aromatic rings. The summed E-state index contributed by atoms with van der Waals surface area (Å²) in [4.78, 5) is 23.9. The number of carbonyl (C=O) groups is 1. The Hall–Kier alpha value is -3.77. The van der Waals surface area contributed by atoms with Gasteiger partial charge in [0.15, 0.2) is 0 Å². The number of H-pyrrole nitrogens is 1. The first-order chi connectivity index (χ1) is 13.9. The first kappa shape index (κ1) is 18.6. The summed E-state index contributed by atoms with van der Waals surface area (Å²) in [6.45, 7) is 3.90. The maximum Gasteiger partial charge on any atom is 0.335 e. The van der Waals surface area contributed by atoms with E-state index >= 15 is 0 Å². The van der Waals surface area contributed by atoms with E-state index < -0.39 is 5.97 Å². The van der Waals surface area contributed by atoms with Crippen molar-refractivity contribution in [3.8, 4) is 17.0 Å². The lowest BCUT2D eigenvalue weighted by Crippen LogP contribution is -2.33. The van der Waals surface area contributed by atoms with Crippen LogP contribution in [0.15, 0.2) is 69.9 Å². The van der Waals surface area contributed by atoms with Gasteiger partial charge >= 0.3 is 5.97 Å². The van der Waals surface area contributed by atoms with Gasteiger partial charge in [0.25, 0.3) is 5.56 Å². The van der Waals surface area contributed by atoms with Gasteiger partial charge in [-0.2, -0.15) is 0 Å². The number of furan rings is 1. The number of nitrogens with zero attached hydrogens (tertiary/aromatic N) is 1. The van der Waals surface area contributed by atoms with E-state index in [-0.39, 0.29) is 11.1 Å². The quantitative estimate of drug-likeness (QED) is 0.545. The molecule has 2 N–H and O–H groups in total. The topological polar surface area (TPSA) is 88.2 Å². The predicted molar refractivity (Wildman–Crippen MR) is 111 cm³/mol.